The Bertz CT molecular complexity index is 212. The molecule has 0 radical (unpaired) electrons. The van der Waals surface area contributed by atoms with Gasteiger partial charge in [-0.25, -0.2) is 0 Å². The maximum atomic E-state index is 10.5. The third-order valence-corrected chi connectivity index (χ3v) is 1.40. The molecule has 0 saturated carbocycles. The van der Waals surface area contributed by atoms with Crippen LogP contribution in [0.3, 0.4) is 0 Å². The first kappa shape index (κ1) is 9.69. The predicted molar refractivity (Wildman–Crippen MR) is 45.1 cm³/mol. The van der Waals surface area contributed by atoms with Crippen molar-refractivity contribution >= 4 is 6.29 Å². The first-order valence-corrected chi connectivity index (χ1v) is 3.19. The zero-order valence-corrected chi connectivity index (χ0v) is 6.89. The molecule has 0 aliphatic heterocycles. The molecule has 0 aliphatic rings. The molecular formula is C9H12O2. The van der Waals surface area contributed by atoms with E-state index in [0.717, 1.165) is 5.57 Å². The normalized spacial score (nSPS) is 11.5. The lowest BCUT2D eigenvalue weighted by atomic mass is 10.1. The highest BCUT2D eigenvalue weighted by atomic mass is 16.5. The predicted octanol–water partition coefficient (Wildman–Crippen LogP) is 1.85. The van der Waals surface area contributed by atoms with E-state index in [1.807, 2.05) is 0 Å². The highest BCUT2D eigenvalue weighted by Crippen LogP contribution is 2.11. The summed E-state index contributed by atoms with van der Waals surface area (Å²) in [6.07, 6.45) is 2.30. The molecule has 0 N–H and O–H groups in total. The third kappa shape index (κ3) is 2.42. The van der Waals surface area contributed by atoms with Crippen molar-refractivity contribution in [3.8, 4) is 0 Å². The summed E-state index contributed by atoms with van der Waals surface area (Å²) in [4.78, 5) is 10.5. The van der Waals surface area contributed by atoms with E-state index in [9.17, 15) is 4.79 Å². The second-order valence-corrected chi connectivity index (χ2v) is 2.05. The number of aldehydes is 1. The minimum atomic E-state index is 0.373. The van der Waals surface area contributed by atoms with Crippen LogP contribution in [0.1, 0.15) is 6.92 Å². The van der Waals surface area contributed by atoms with Crippen LogP contribution in [0.15, 0.2) is 36.1 Å². The standard InChI is InChI=1S/C9H12O2/c1-5-7(2)9(6-10)8(3)11-4/h5-6H,1,3H2,2,4H3/b9-7-. The minimum Gasteiger partial charge on any atom is -0.497 e. The molecule has 0 unspecified atom stereocenters. The molecule has 0 amide bonds. The zero-order chi connectivity index (χ0) is 8.85. The molecule has 0 aromatic rings. The monoisotopic (exact) mass is 152 g/mol. The fourth-order valence-electron chi connectivity index (χ4n) is 0.598. The largest absolute Gasteiger partial charge is 0.497 e. The summed E-state index contributed by atoms with van der Waals surface area (Å²) in [5.41, 5.74) is 1.23. The van der Waals surface area contributed by atoms with Gasteiger partial charge in [-0.1, -0.05) is 19.2 Å². The molecule has 0 heterocycles. The van der Waals surface area contributed by atoms with Gasteiger partial charge in [0.15, 0.2) is 6.29 Å². The average molecular weight is 152 g/mol. The number of ether oxygens (including phenoxy) is 1. The summed E-state index contributed by atoms with van der Waals surface area (Å²) in [6, 6.07) is 0. The number of rotatable bonds is 4. The Labute approximate surface area is 66.9 Å². The SMILES string of the molecule is C=C/C(C)=C(/C=O)C(=C)OC. The topological polar surface area (TPSA) is 26.3 Å². The summed E-state index contributed by atoms with van der Waals surface area (Å²) < 4.78 is 4.79. The average Bonchev–Trinajstić information content (AvgIpc) is 2.05. The van der Waals surface area contributed by atoms with Crippen LogP contribution in [-0.2, 0) is 9.53 Å². The van der Waals surface area contributed by atoms with Crippen molar-refractivity contribution in [3.63, 3.8) is 0 Å². The van der Waals surface area contributed by atoms with Crippen LogP contribution in [-0.4, -0.2) is 13.4 Å². The molecule has 0 aromatic carbocycles. The lowest BCUT2D eigenvalue weighted by Gasteiger charge is -2.04. The maximum Gasteiger partial charge on any atom is 0.154 e. The lowest BCUT2D eigenvalue weighted by Crippen LogP contribution is -1.94. The van der Waals surface area contributed by atoms with Gasteiger partial charge in [-0.15, -0.1) is 0 Å². The molecule has 0 aromatic heterocycles. The van der Waals surface area contributed by atoms with Crippen molar-refractivity contribution in [2.24, 2.45) is 0 Å². The number of allylic oxidation sites excluding steroid dienone is 3. The molecule has 2 heteroatoms. The fraction of sp³-hybridized carbons (Fsp3) is 0.222. The van der Waals surface area contributed by atoms with Crippen LogP contribution in [0.25, 0.3) is 0 Å². The van der Waals surface area contributed by atoms with Gasteiger partial charge in [-0.05, 0) is 12.5 Å². The van der Waals surface area contributed by atoms with Crippen molar-refractivity contribution in [3.05, 3.63) is 36.1 Å². The van der Waals surface area contributed by atoms with Gasteiger partial charge in [0, 0.05) is 0 Å². The number of hydrogen-bond acceptors (Lipinski definition) is 2. The Morgan fingerprint density at radius 1 is 1.55 bits per heavy atom. The Hall–Kier alpha value is -1.31. The molecule has 2 nitrogen and oxygen atoms in total. The van der Waals surface area contributed by atoms with Crippen molar-refractivity contribution in [2.75, 3.05) is 7.11 Å². The maximum absolute atomic E-state index is 10.5. The molecule has 11 heavy (non-hydrogen) atoms. The highest BCUT2D eigenvalue weighted by molar-refractivity contribution is 5.80. The molecule has 0 atom stereocenters. The molecule has 0 saturated heterocycles. The van der Waals surface area contributed by atoms with Crippen molar-refractivity contribution in [2.45, 2.75) is 6.92 Å². The summed E-state index contributed by atoms with van der Waals surface area (Å²) in [5, 5.41) is 0. The second-order valence-electron chi connectivity index (χ2n) is 2.05. The van der Waals surface area contributed by atoms with Crippen LogP contribution < -0.4 is 0 Å². The summed E-state index contributed by atoms with van der Waals surface area (Å²) in [7, 11) is 1.47. The van der Waals surface area contributed by atoms with E-state index in [-0.39, 0.29) is 0 Å². The molecule has 0 fully saturated rings. The quantitative estimate of drug-likeness (QED) is 0.266. The summed E-state index contributed by atoms with van der Waals surface area (Å²) >= 11 is 0. The van der Waals surface area contributed by atoms with E-state index in [0.29, 0.717) is 17.6 Å². The molecule has 0 spiro atoms. The molecular weight excluding hydrogens is 140 g/mol. The Morgan fingerprint density at radius 3 is 2.36 bits per heavy atom. The molecule has 0 bridgehead atoms. The minimum absolute atomic E-state index is 0.373. The van der Waals surface area contributed by atoms with E-state index in [2.05, 4.69) is 13.2 Å². The number of carbonyl (C=O) groups is 1. The third-order valence-electron chi connectivity index (χ3n) is 1.40. The van der Waals surface area contributed by atoms with Gasteiger partial charge in [0.1, 0.15) is 5.76 Å². The second kappa shape index (κ2) is 4.50. The smallest absolute Gasteiger partial charge is 0.154 e. The van der Waals surface area contributed by atoms with Crippen LogP contribution in [0, 0.1) is 0 Å². The van der Waals surface area contributed by atoms with E-state index >= 15 is 0 Å². The van der Waals surface area contributed by atoms with E-state index in [1.54, 1.807) is 13.0 Å². The zero-order valence-electron chi connectivity index (χ0n) is 6.89. The Morgan fingerprint density at radius 2 is 2.09 bits per heavy atom. The Balaban J connectivity index is 4.78. The molecule has 0 rings (SSSR count). The molecule has 60 valence electrons. The van der Waals surface area contributed by atoms with E-state index in [4.69, 9.17) is 4.74 Å². The van der Waals surface area contributed by atoms with Crippen molar-refractivity contribution < 1.29 is 9.53 Å². The van der Waals surface area contributed by atoms with Gasteiger partial charge in [-0.3, -0.25) is 4.79 Å². The van der Waals surface area contributed by atoms with Gasteiger partial charge in [0.25, 0.3) is 0 Å². The van der Waals surface area contributed by atoms with Crippen molar-refractivity contribution in [1.29, 1.82) is 0 Å². The van der Waals surface area contributed by atoms with Gasteiger partial charge in [0.05, 0.1) is 12.7 Å². The highest BCUT2D eigenvalue weighted by Gasteiger charge is 2.02. The molecule has 0 aliphatic carbocycles. The van der Waals surface area contributed by atoms with E-state index in [1.165, 1.54) is 7.11 Å². The Kier molecular flexibility index (Phi) is 3.96. The first-order valence-electron chi connectivity index (χ1n) is 3.19. The van der Waals surface area contributed by atoms with Crippen LogP contribution in [0.2, 0.25) is 0 Å². The van der Waals surface area contributed by atoms with Crippen LogP contribution >= 0.6 is 0 Å². The van der Waals surface area contributed by atoms with Crippen LogP contribution in [0.4, 0.5) is 0 Å². The first-order chi connectivity index (χ1) is 5.17. The van der Waals surface area contributed by atoms with E-state index < -0.39 is 0 Å². The van der Waals surface area contributed by atoms with Gasteiger partial charge < -0.3 is 4.74 Å². The van der Waals surface area contributed by atoms with Gasteiger partial charge in [0.2, 0.25) is 0 Å². The van der Waals surface area contributed by atoms with Crippen LogP contribution in [0.5, 0.6) is 0 Å². The fourth-order valence-corrected chi connectivity index (χ4v) is 0.598. The number of hydrogen-bond donors (Lipinski definition) is 0. The number of methoxy groups -OCH3 is 1. The lowest BCUT2D eigenvalue weighted by molar-refractivity contribution is -0.105. The summed E-state index contributed by atoms with van der Waals surface area (Å²) in [5.74, 6) is 0.373. The van der Waals surface area contributed by atoms with Gasteiger partial charge >= 0.3 is 0 Å². The number of carbonyl (C=O) groups excluding carboxylic acids is 1. The summed E-state index contributed by atoms with van der Waals surface area (Å²) in [6.45, 7) is 8.87. The van der Waals surface area contributed by atoms with Crippen molar-refractivity contribution in [1.82, 2.24) is 0 Å². The van der Waals surface area contributed by atoms with Gasteiger partial charge in [-0.2, -0.15) is 0 Å².